The molecule has 0 aliphatic rings. The fraction of sp³-hybridized carbons (Fsp3) is 0.231. The minimum absolute atomic E-state index is 0.126. The van der Waals surface area contributed by atoms with Crippen LogP contribution in [-0.4, -0.2) is 14.7 Å². The smallest absolute Gasteiger partial charge is 0.175 e. The number of rotatable bonds is 4. The number of halogens is 1. The highest BCUT2D eigenvalue weighted by Gasteiger charge is 2.11. The summed E-state index contributed by atoms with van der Waals surface area (Å²) in [6.45, 7) is 0. The Hall–Kier alpha value is -0.690. The van der Waals surface area contributed by atoms with Crippen molar-refractivity contribution in [2.75, 3.05) is 6.26 Å². The summed E-state index contributed by atoms with van der Waals surface area (Å²) in [5.41, 5.74) is 7.08. The van der Waals surface area contributed by atoms with Crippen LogP contribution in [0.5, 0.6) is 0 Å². The van der Waals surface area contributed by atoms with Gasteiger partial charge in [-0.05, 0) is 39.7 Å². The van der Waals surface area contributed by atoms with Gasteiger partial charge in [0.25, 0.3) is 0 Å². The average Bonchev–Trinajstić information content (AvgIpc) is 2.74. The summed E-state index contributed by atoms with van der Waals surface area (Å²) >= 11 is 5.07. The topological polar surface area (TPSA) is 60.2 Å². The second-order valence-corrected chi connectivity index (χ2v) is 8.31. The van der Waals surface area contributed by atoms with Crippen LogP contribution in [0.1, 0.15) is 16.5 Å². The third-order valence-corrected chi connectivity index (χ3v) is 5.63. The molecule has 1 aromatic heterocycles. The van der Waals surface area contributed by atoms with Crippen LogP contribution in [0.25, 0.3) is 0 Å². The Morgan fingerprint density at radius 3 is 2.42 bits per heavy atom. The lowest BCUT2D eigenvalue weighted by atomic mass is 10.0. The Morgan fingerprint density at radius 1 is 1.32 bits per heavy atom. The number of hydrogen-bond acceptors (Lipinski definition) is 4. The molecule has 1 unspecified atom stereocenters. The molecule has 0 radical (unpaired) electrons. The van der Waals surface area contributed by atoms with Crippen molar-refractivity contribution in [2.24, 2.45) is 5.73 Å². The number of thiophene rings is 1. The van der Waals surface area contributed by atoms with Gasteiger partial charge < -0.3 is 5.73 Å². The van der Waals surface area contributed by atoms with Gasteiger partial charge in [0.2, 0.25) is 0 Å². The number of sulfone groups is 1. The lowest BCUT2D eigenvalue weighted by molar-refractivity contribution is 0.601. The van der Waals surface area contributed by atoms with Gasteiger partial charge in [-0.2, -0.15) is 0 Å². The van der Waals surface area contributed by atoms with Gasteiger partial charge in [-0.3, -0.25) is 0 Å². The molecule has 0 saturated carbocycles. The van der Waals surface area contributed by atoms with E-state index >= 15 is 0 Å². The van der Waals surface area contributed by atoms with Crippen molar-refractivity contribution in [3.8, 4) is 0 Å². The van der Waals surface area contributed by atoms with Crippen molar-refractivity contribution in [3.63, 3.8) is 0 Å². The largest absolute Gasteiger partial charge is 0.324 e. The Morgan fingerprint density at radius 2 is 1.95 bits per heavy atom. The van der Waals surface area contributed by atoms with Crippen LogP contribution >= 0.6 is 27.3 Å². The maximum Gasteiger partial charge on any atom is 0.175 e. The molecule has 0 bridgehead atoms. The zero-order valence-corrected chi connectivity index (χ0v) is 13.6. The summed E-state index contributed by atoms with van der Waals surface area (Å²) in [7, 11) is -3.15. The highest BCUT2D eigenvalue weighted by atomic mass is 79.9. The van der Waals surface area contributed by atoms with Gasteiger partial charge in [-0.25, -0.2) is 8.42 Å². The summed E-state index contributed by atoms with van der Waals surface area (Å²) in [4.78, 5) is 1.52. The standard InChI is InChI=1S/C13H14BrNO2S2/c1-19(16,17)12-4-2-9(3-5-12)13(15)7-11-6-10(14)8-18-11/h2-6,8,13H,7,15H2,1H3. The van der Waals surface area contributed by atoms with Crippen molar-refractivity contribution in [1.29, 1.82) is 0 Å². The second-order valence-electron chi connectivity index (χ2n) is 4.38. The first kappa shape index (κ1) is 14.7. The molecular weight excluding hydrogens is 346 g/mol. The molecule has 2 aromatic rings. The maximum absolute atomic E-state index is 11.4. The first-order valence-corrected chi connectivity index (χ1v) is 9.21. The molecule has 1 aromatic carbocycles. The number of hydrogen-bond donors (Lipinski definition) is 1. The van der Waals surface area contributed by atoms with E-state index in [1.165, 1.54) is 11.1 Å². The molecule has 3 nitrogen and oxygen atoms in total. The Labute approximate surface area is 125 Å². The summed E-state index contributed by atoms with van der Waals surface area (Å²) < 4.78 is 23.8. The molecule has 1 atom stereocenters. The maximum atomic E-state index is 11.4. The summed E-state index contributed by atoms with van der Waals surface area (Å²) in [6.07, 6.45) is 1.94. The van der Waals surface area contributed by atoms with Gasteiger partial charge in [-0.15, -0.1) is 11.3 Å². The van der Waals surface area contributed by atoms with Crippen LogP contribution in [0.15, 0.2) is 45.1 Å². The van der Waals surface area contributed by atoms with E-state index in [1.807, 2.05) is 5.38 Å². The highest BCUT2D eigenvalue weighted by molar-refractivity contribution is 9.10. The molecule has 19 heavy (non-hydrogen) atoms. The van der Waals surface area contributed by atoms with E-state index < -0.39 is 9.84 Å². The summed E-state index contributed by atoms with van der Waals surface area (Å²) in [5, 5.41) is 2.02. The molecule has 0 aliphatic heterocycles. The molecule has 0 aliphatic carbocycles. The number of nitrogens with two attached hydrogens (primary N) is 1. The third kappa shape index (κ3) is 3.89. The monoisotopic (exact) mass is 359 g/mol. The van der Waals surface area contributed by atoms with Gasteiger partial charge in [-0.1, -0.05) is 12.1 Å². The van der Waals surface area contributed by atoms with Gasteiger partial charge in [0.1, 0.15) is 0 Å². The normalized spacial score (nSPS) is 13.4. The zero-order chi connectivity index (χ0) is 14.0. The first-order chi connectivity index (χ1) is 8.86. The van der Waals surface area contributed by atoms with Crippen molar-refractivity contribution >= 4 is 37.1 Å². The van der Waals surface area contributed by atoms with E-state index in [0.717, 1.165) is 16.5 Å². The van der Waals surface area contributed by atoms with Gasteiger partial charge in [0.15, 0.2) is 9.84 Å². The quantitative estimate of drug-likeness (QED) is 0.911. The Kier molecular flexibility index (Phi) is 4.45. The Bertz CT molecular complexity index is 662. The number of benzene rings is 1. The zero-order valence-electron chi connectivity index (χ0n) is 10.3. The molecule has 102 valence electrons. The van der Waals surface area contributed by atoms with Crippen molar-refractivity contribution in [2.45, 2.75) is 17.4 Å². The van der Waals surface area contributed by atoms with Gasteiger partial charge >= 0.3 is 0 Å². The van der Waals surface area contributed by atoms with Crippen molar-refractivity contribution < 1.29 is 8.42 Å². The van der Waals surface area contributed by atoms with Gasteiger partial charge in [0, 0.05) is 33.4 Å². The van der Waals surface area contributed by atoms with Crippen LogP contribution in [0.4, 0.5) is 0 Å². The van der Waals surface area contributed by atoms with E-state index in [9.17, 15) is 8.42 Å². The van der Waals surface area contributed by atoms with Crippen molar-refractivity contribution in [3.05, 3.63) is 50.6 Å². The molecule has 0 saturated heterocycles. The minimum atomic E-state index is -3.15. The molecular formula is C13H14BrNO2S2. The second kappa shape index (κ2) is 5.75. The fourth-order valence-corrected chi connectivity index (χ4v) is 3.90. The summed E-state index contributed by atoms with van der Waals surface area (Å²) in [6, 6.07) is 8.70. The SMILES string of the molecule is CS(=O)(=O)c1ccc(C(N)Cc2cc(Br)cs2)cc1. The third-order valence-electron chi connectivity index (χ3n) is 2.78. The van der Waals surface area contributed by atoms with E-state index in [4.69, 9.17) is 5.73 Å². The minimum Gasteiger partial charge on any atom is -0.324 e. The molecule has 0 fully saturated rings. The van der Waals surface area contributed by atoms with E-state index in [2.05, 4.69) is 22.0 Å². The average molecular weight is 360 g/mol. The van der Waals surface area contributed by atoms with Crippen LogP contribution in [0, 0.1) is 0 Å². The lowest BCUT2D eigenvalue weighted by Crippen LogP contribution is -2.12. The molecule has 2 N–H and O–H groups in total. The molecule has 0 spiro atoms. The fourth-order valence-electron chi connectivity index (χ4n) is 1.76. The molecule has 2 rings (SSSR count). The summed E-state index contributed by atoms with van der Waals surface area (Å²) in [5.74, 6) is 0. The van der Waals surface area contributed by atoms with E-state index in [0.29, 0.717) is 4.90 Å². The van der Waals surface area contributed by atoms with Crippen molar-refractivity contribution in [1.82, 2.24) is 0 Å². The highest BCUT2D eigenvalue weighted by Crippen LogP contribution is 2.25. The lowest BCUT2D eigenvalue weighted by Gasteiger charge is -2.11. The van der Waals surface area contributed by atoms with Crippen LogP contribution in [0.2, 0.25) is 0 Å². The Balaban J connectivity index is 2.14. The van der Waals surface area contributed by atoms with Gasteiger partial charge in [0.05, 0.1) is 4.90 Å². The van der Waals surface area contributed by atoms with Crippen LogP contribution in [-0.2, 0) is 16.3 Å². The van der Waals surface area contributed by atoms with Crippen LogP contribution in [0.3, 0.4) is 0 Å². The first-order valence-electron chi connectivity index (χ1n) is 5.65. The van der Waals surface area contributed by atoms with E-state index in [-0.39, 0.29) is 6.04 Å². The predicted molar refractivity (Wildman–Crippen MR) is 82.2 cm³/mol. The predicted octanol–water partition coefficient (Wildman–Crippen LogP) is 3.16. The van der Waals surface area contributed by atoms with E-state index in [1.54, 1.807) is 35.6 Å². The molecule has 1 heterocycles. The molecule has 0 amide bonds. The molecule has 6 heteroatoms. The van der Waals surface area contributed by atoms with Crippen LogP contribution < -0.4 is 5.73 Å².